The van der Waals surface area contributed by atoms with Gasteiger partial charge in [0.2, 0.25) is 5.43 Å². The van der Waals surface area contributed by atoms with Crippen LogP contribution in [0.3, 0.4) is 0 Å². The number of hydrogen-bond donors (Lipinski definition) is 2. The molecular formula is C18H16O4. The SMILES string of the molecule is C=C(O)Cc1cccc2c(=O)c3ccc(CO)c(C)c3oc12. The van der Waals surface area contributed by atoms with Gasteiger partial charge in [-0.1, -0.05) is 24.8 Å². The van der Waals surface area contributed by atoms with Gasteiger partial charge in [-0.2, -0.15) is 0 Å². The first-order chi connectivity index (χ1) is 10.5. The molecule has 0 aliphatic rings. The molecule has 0 aliphatic heterocycles. The van der Waals surface area contributed by atoms with Gasteiger partial charge >= 0.3 is 0 Å². The van der Waals surface area contributed by atoms with Gasteiger partial charge in [0.1, 0.15) is 11.2 Å². The Bertz CT molecular complexity index is 951. The largest absolute Gasteiger partial charge is 0.513 e. The van der Waals surface area contributed by atoms with Crippen LogP contribution in [0.25, 0.3) is 21.9 Å². The van der Waals surface area contributed by atoms with Crippen molar-refractivity contribution < 1.29 is 14.6 Å². The van der Waals surface area contributed by atoms with E-state index in [1.807, 2.05) is 6.92 Å². The number of aliphatic hydroxyl groups excluding tert-OH is 2. The van der Waals surface area contributed by atoms with Gasteiger partial charge in [-0.15, -0.1) is 0 Å². The molecule has 0 aliphatic carbocycles. The number of allylic oxidation sites excluding steroid dienone is 1. The third kappa shape index (κ3) is 2.18. The van der Waals surface area contributed by atoms with E-state index in [9.17, 15) is 15.0 Å². The van der Waals surface area contributed by atoms with E-state index in [1.165, 1.54) is 0 Å². The van der Waals surface area contributed by atoms with Crippen LogP contribution in [0.4, 0.5) is 0 Å². The van der Waals surface area contributed by atoms with Gasteiger partial charge in [0.05, 0.1) is 23.1 Å². The maximum Gasteiger partial charge on any atom is 0.200 e. The molecule has 0 amide bonds. The summed E-state index contributed by atoms with van der Waals surface area (Å²) in [6.45, 7) is 5.19. The zero-order valence-corrected chi connectivity index (χ0v) is 12.2. The Morgan fingerprint density at radius 3 is 2.55 bits per heavy atom. The molecule has 0 atom stereocenters. The van der Waals surface area contributed by atoms with Crippen LogP contribution < -0.4 is 5.43 Å². The molecule has 22 heavy (non-hydrogen) atoms. The van der Waals surface area contributed by atoms with Crippen LogP contribution in [0.2, 0.25) is 0 Å². The second kappa shape index (κ2) is 5.31. The van der Waals surface area contributed by atoms with Gasteiger partial charge in [-0.25, -0.2) is 0 Å². The van der Waals surface area contributed by atoms with Crippen LogP contribution in [0.1, 0.15) is 16.7 Å². The second-order valence-corrected chi connectivity index (χ2v) is 5.35. The molecule has 1 heterocycles. The van der Waals surface area contributed by atoms with Crippen molar-refractivity contribution in [2.75, 3.05) is 0 Å². The average molecular weight is 296 g/mol. The molecule has 2 N–H and O–H groups in total. The van der Waals surface area contributed by atoms with Crippen LogP contribution in [0.5, 0.6) is 0 Å². The number of aryl methyl sites for hydroxylation is 1. The molecule has 0 fully saturated rings. The first kappa shape index (κ1) is 14.4. The normalized spacial score (nSPS) is 11.2. The Hall–Kier alpha value is -2.59. The van der Waals surface area contributed by atoms with E-state index in [0.29, 0.717) is 27.5 Å². The third-order valence-corrected chi connectivity index (χ3v) is 3.87. The molecule has 4 nitrogen and oxygen atoms in total. The highest BCUT2D eigenvalue weighted by atomic mass is 16.3. The van der Waals surface area contributed by atoms with Gasteiger partial charge in [0.25, 0.3) is 0 Å². The molecule has 0 bridgehead atoms. The molecule has 4 heteroatoms. The maximum atomic E-state index is 12.7. The van der Waals surface area contributed by atoms with Crippen LogP contribution in [-0.4, -0.2) is 10.2 Å². The summed E-state index contributed by atoms with van der Waals surface area (Å²) in [7, 11) is 0. The van der Waals surface area contributed by atoms with E-state index in [2.05, 4.69) is 6.58 Å². The predicted octanol–water partition coefficient (Wildman–Crippen LogP) is 3.36. The molecule has 2 aromatic carbocycles. The Labute approximate surface area is 126 Å². The number of para-hydroxylation sites is 1. The fourth-order valence-corrected chi connectivity index (χ4v) is 2.70. The molecular weight excluding hydrogens is 280 g/mol. The summed E-state index contributed by atoms with van der Waals surface area (Å²) >= 11 is 0. The van der Waals surface area contributed by atoms with Gasteiger partial charge < -0.3 is 14.6 Å². The van der Waals surface area contributed by atoms with Gasteiger partial charge in [-0.3, -0.25) is 4.79 Å². The van der Waals surface area contributed by atoms with Crippen molar-refractivity contribution >= 4 is 21.9 Å². The highest BCUT2D eigenvalue weighted by molar-refractivity contribution is 5.92. The summed E-state index contributed by atoms with van der Waals surface area (Å²) in [6, 6.07) is 8.68. The summed E-state index contributed by atoms with van der Waals surface area (Å²) in [5.41, 5.74) is 2.98. The standard InChI is InChI=1S/C18H16O4/c1-10(20)8-12-4-3-5-14-16(21)15-7-6-13(9-19)11(2)17(15)22-18(12)14/h3-7,19-20H,1,8-9H2,2H3. The molecule has 0 radical (unpaired) electrons. The Morgan fingerprint density at radius 1 is 1.14 bits per heavy atom. The van der Waals surface area contributed by atoms with Gasteiger partial charge in [0, 0.05) is 12.0 Å². The van der Waals surface area contributed by atoms with Crippen LogP contribution in [0, 0.1) is 6.92 Å². The van der Waals surface area contributed by atoms with E-state index in [1.54, 1.807) is 30.3 Å². The van der Waals surface area contributed by atoms with Gasteiger partial charge in [-0.05, 0) is 30.2 Å². The zero-order valence-electron chi connectivity index (χ0n) is 12.2. The van der Waals surface area contributed by atoms with Crippen LogP contribution >= 0.6 is 0 Å². The summed E-state index contributed by atoms with van der Waals surface area (Å²) in [5.74, 6) is 0.0103. The Kier molecular flexibility index (Phi) is 3.47. The number of fused-ring (bicyclic) bond motifs is 2. The topological polar surface area (TPSA) is 70.7 Å². The fraction of sp³-hybridized carbons (Fsp3) is 0.167. The minimum Gasteiger partial charge on any atom is -0.513 e. The minimum absolute atomic E-state index is 0.0103. The predicted molar refractivity (Wildman–Crippen MR) is 86.1 cm³/mol. The van der Waals surface area contributed by atoms with E-state index >= 15 is 0 Å². The lowest BCUT2D eigenvalue weighted by Gasteiger charge is -2.10. The van der Waals surface area contributed by atoms with E-state index in [4.69, 9.17) is 4.42 Å². The summed E-state index contributed by atoms with van der Waals surface area (Å²) < 4.78 is 5.97. The minimum atomic E-state index is -0.116. The maximum absolute atomic E-state index is 12.7. The molecule has 0 unspecified atom stereocenters. The second-order valence-electron chi connectivity index (χ2n) is 5.35. The van der Waals surface area contributed by atoms with Crippen molar-refractivity contribution in [1.82, 2.24) is 0 Å². The third-order valence-electron chi connectivity index (χ3n) is 3.87. The van der Waals surface area contributed by atoms with Crippen LogP contribution in [0.15, 0.2) is 51.9 Å². The first-order valence-electron chi connectivity index (χ1n) is 6.97. The van der Waals surface area contributed by atoms with Crippen molar-refractivity contribution in [2.24, 2.45) is 0 Å². The smallest absolute Gasteiger partial charge is 0.200 e. The molecule has 1 aromatic heterocycles. The highest BCUT2D eigenvalue weighted by Gasteiger charge is 2.14. The summed E-state index contributed by atoms with van der Waals surface area (Å²) in [6.07, 6.45) is 0.227. The fourth-order valence-electron chi connectivity index (χ4n) is 2.70. The highest BCUT2D eigenvalue weighted by Crippen LogP contribution is 2.26. The van der Waals surface area contributed by atoms with Crippen LogP contribution in [-0.2, 0) is 13.0 Å². The lowest BCUT2D eigenvalue weighted by molar-refractivity contribution is 0.281. The van der Waals surface area contributed by atoms with E-state index in [-0.39, 0.29) is 24.2 Å². The summed E-state index contributed by atoms with van der Waals surface area (Å²) in [5, 5.41) is 19.8. The number of aliphatic hydroxyl groups is 2. The van der Waals surface area contributed by atoms with Crippen molar-refractivity contribution in [2.45, 2.75) is 20.0 Å². The Balaban J connectivity index is 2.45. The molecule has 0 saturated heterocycles. The van der Waals surface area contributed by atoms with E-state index < -0.39 is 0 Å². The molecule has 112 valence electrons. The van der Waals surface area contributed by atoms with Crippen molar-refractivity contribution in [1.29, 1.82) is 0 Å². The van der Waals surface area contributed by atoms with Crippen molar-refractivity contribution in [3.63, 3.8) is 0 Å². The number of benzene rings is 2. The average Bonchev–Trinajstić information content (AvgIpc) is 2.49. The van der Waals surface area contributed by atoms with Crippen molar-refractivity contribution in [3.05, 3.63) is 69.6 Å². The monoisotopic (exact) mass is 296 g/mol. The Morgan fingerprint density at radius 2 is 1.86 bits per heavy atom. The molecule has 0 saturated carbocycles. The lowest BCUT2D eigenvalue weighted by Crippen LogP contribution is -2.05. The quantitative estimate of drug-likeness (QED) is 0.574. The van der Waals surface area contributed by atoms with Gasteiger partial charge in [0.15, 0.2) is 0 Å². The number of rotatable bonds is 3. The molecule has 0 spiro atoms. The number of hydrogen-bond acceptors (Lipinski definition) is 4. The lowest BCUT2D eigenvalue weighted by atomic mass is 10.0. The molecule has 3 rings (SSSR count). The van der Waals surface area contributed by atoms with Crippen molar-refractivity contribution in [3.8, 4) is 0 Å². The van der Waals surface area contributed by atoms with E-state index in [0.717, 1.165) is 11.1 Å². The first-order valence-corrected chi connectivity index (χ1v) is 6.97. The summed E-state index contributed by atoms with van der Waals surface area (Å²) in [4.78, 5) is 12.7. The molecule has 3 aromatic rings. The zero-order chi connectivity index (χ0) is 15.9.